The minimum Gasteiger partial charge on any atom is -0.374 e. The summed E-state index contributed by atoms with van der Waals surface area (Å²) in [7, 11) is 0. The maximum Gasteiger partial charge on any atom is 0.115 e. The van der Waals surface area contributed by atoms with Gasteiger partial charge in [-0.3, -0.25) is 4.98 Å². The number of anilines is 1. The van der Waals surface area contributed by atoms with Crippen LogP contribution in [0, 0.1) is 0 Å². The first-order valence-electron chi connectivity index (χ1n) is 7.23. The van der Waals surface area contributed by atoms with E-state index in [1.54, 1.807) is 18.5 Å². The summed E-state index contributed by atoms with van der Waals surface area (Å²) in [6.07, 6.45) is 3.57. The highest BCUT2D eigenvalue weighted by molar-refractivity contribution is 5.50. The van der Waals surface area contributed by atoms with Crippen molar-refractivity contribution in [2.24, 2.45) is 0 Å². The number of hydrogen-bond donors (Lipinski definition) is 1. The number of halogens is 1. The molecule has 0 radical (unpaired) electrons. The molecule has 110 valence electrons. The molecule has 3 heteroatoms. The van der Waals surface area contributed by atoms with Crippen LogP contribution in [0.25, 0.3) is 0 Å². The van der Waals surface area contributed by atoms with Crippen LogP contribution >= 0.6 is 0 Å². The Morgan fingerprint density at radius 3 is 2.32 bits per heavy atom. The lowest BCUT2D eigenvalue weighted by molar-refractivity contribution is 0.485. The molecule has 1 N–H and O–H groups in total. The van der Waals surface area contributed by atoms with E-state index >= 15 is 0 Å². The lowest BCUT2D eigenvalue weighted by atomic mass is 9.99. The number of rotatable bonds is 5. The van der Waals surface area contributed by atoms with Crippen molar-refractivity contribution in [2.45, 2.75) is 12.7 Å². The fourth-order valence-electron chi connectivity index (χ4n) is 2.47. The molecule has 1 heterocycles. The summed E-state index contributed by atoms with van der Waals surface area (Å²) in [5, 5.41) is 3.49. The molecule has 0 amide bonds. The van der Waals surface area contributed by atoms with E-state index in [9.17, 15) is 4.39 Å². The van der Waals surface area contributed by atoms with Crippen molar-refractivity contribution in [3.8, 4) is 0 Å². The first kappa shape index (κ1) is 14.3. The van der Waals surface area contributed by atoms with Crippen LogP contribution in [0.5, 0.6) is 0 Å². The molecule has 22 heavy (non-hydrogen) atoms. The highest BCUT2D eigenvalue weighted by Crippen LogP contribution is 2.26. The summed E-state index contributed by atoms with van der Waals surface area (Å²) in [5.74, 6) is 0. The van der Waals surface area contributed by atoms with Gasteiger partial charge in [-0.15, -0.1) is 0 Å². The first-order valence-corrected chi connectivity index (χ1v) is 7.23. The smallest absolute Gasteiger partial charge is 0.115 e. The maximum absolute atomic E-state index is 12.9. The third-order valence-corrected chi connectivity index (χ3v) is 3.56. The molecule has 3 aromatic rings. The Morgan fingerprint density at radius 1 is 0.864 bits per heavy atom. The minimum absolute atomic E-state index is 0.000869. The number of pyridine rings is 1. The molecule has 1 aromatic heterocycles. The molecule has 2 aromatic carbocycles. The Labute approximate surface area is 129 Å². The Morgan fingerprint density at radius 2 is 1.59 bits per heavy atom. The van der Waals surface area contributed by atoms with Crippen molar-refractivity contribution in [1.82, 2.24) is 4.98 Å². The van der Waals surface area contributed by atoms with Crippen LogP contribution in [0.15, 0.2) is 79.1 Å². The molecule has 0 aliphatic carbocycles. The van der Waals surface area contributed by atoms with Gasteiger partial charge in [-0.2, -0.15) is 0 Å². The second-order valence-corrected chi connectivity index (χ2v) is 5.10. The minimum atomic E-state index is -0.458. The van der Waals surface area contributed by atoms with E-state index in [0.29, 0.717) is 5.56 Å². The predicted molar refractivity (Wildman–Crippen MR) is 87.4 cm³/mol. The van der Waals surface area contributed by atoms with Gasteiger partial charge in [0.25, 0.3) is 0 Å². The molecule has 3 rings (SSSR count). The van der Waals surface area contributed by atoms with Gasteiger partial charge in [-0.05, 0) is 41.0 Å². The zero-order valence-corrected chi connectivity index (χ0v) is 12.1. The molecule has 0 aliphatic rings. The van der Waals surface area contributed by atoms with Crippen LogP contribution in [0.3, 0.4) is 0 Å². The van der Waals surface area contributed by atoms with Gasteiger partial charge in [0.1, 0.15) is 6.67 Å². The maximum atomic E-state index is 12.9. The fraction of sp³-hybridized carbons (Fsp3) is 0.105. The van der Waals surface area contributed by atoms with E-state index in [1.165, 1.54) is 0 Å². The van der Waals surface area contributed by atoms with Crippen LogP contribution < -0.4 is 5.32 Å². The van der Waals surface area contributed by atoms with Gasteiger partial charge < -0.3 is 5.32 Å². The first-order chi connectivity index (χ1) is 10.9. The standard InChI is InChI=1S/C19H17FN2/c20-14-15-5-4-8-18(13-15)22-19(16-6-2-1-3-7-16)17-9-11-21-12-10-17/h1-13,19,22H,14H2. The number of nitrogens with one attached hydrogen (secondary N) is 1. The average Bonchev–Trinajstić information content (AvgIpc) is 2.61. The van der Waals surface area contributed by atoms with Crippen LogP contribution in [-0.4, -0.2) is 4.98 Å². The molecule has 1 atom stereocenters. The zero-order chi connectivity index (χ0) is 15.2. The summed E-state index contributed by atoms with van der Waals surface area (Å²) < 4.78 is 12.9. The predicted octanol–water partition coefficient (Wildman–Crippen LogP) is 4.75. The topological polar surface area (TPSA) is 24.9 Å². The summed E-state index contributed by atoms with van der Waals surface area (Å²) in [4.78, 5) is 4.08. The van der Waals surface area contributed by atoms with E-state index in [1.807, 2.05) is 48.5 Å². The van der Waals surface area contributed by atoms with Gasteiger partial charge >= 0.3 is 0 Å². The molecular weight excluding hydrogens is 275 g/mol. The molecule has 0 aliphatic heterocycles. The average molecular weight is 292 g/mol. The second-order valence-electron chi connectivity index (χ2n) is 5.10. The molecule has 1 unspecified atom stereocenters. The van der Waals surface area contributed by atoms with Gasteiger partial charge in [-0.1, -0.05) is 42.5 Å². The lowest BCUT2D eigenvalue weighted by Gasteiger charge is -2.21. The lowest BCUT2D eigenvalue weighted by Crippen LogP contribution is -2.12. The van der Waals surface area contributed by atoms with Crippen LogP contribution in [0.2, 0.25) is 0 Å². The van der Waals surface area contributed by atoms with Crippen molar-refractivity contribution in [1.29, 1.82) is 0 Å². The zero-order valence-electron chi connectivity index (χ0n) is 12.1. The van der Waals surface area contributed by atoms with E-state index in [2.05, 4.69) is 22.4 Å². The second kappa shape index (κ2) is 6.85. The Hall–Kier alpha value is -2.68. The van der Waals surface area contributed by atoms with Crippen LogP contribution in [0.4, 0.5) is 10.1 Å². The number of hydrogen-bond acceptors (Lipinski definition) is 2. The third kappa shape index (κ3) is 3.31. The summed E-state index contributed by atoms with van der Waals surface area (Å²) in [6.45, 7) is -0.458. The van der Waals surface area contributed by atoms with Crippen molar-refractivity contribution in [3.05, 3.63) is 95.8 Å². The quantitative estimate of drug-likeness (QED) is 0.734. The molecule has 0 spiro atoms. The number of benzene rings is 2. The number of aromatic nitrogens is 1. The summed E-state index contributed by atoms with van der Waals surface area (Å²) >= 11 is 0. The van der Waals surface area contributed by atoms with Crippen molar-refractivity contribution < 1.29 is 4.39 Å². The number of alkyl halides is 1. The molecule has 0 saturated heterocycles. The van der Waals surface area contributed by atoms with E-state index in [-0.39, 0.29) is 6.04 Å². The van der Waals surface area contributed by atoms with E-state index < -0.39 is 6.67 Å². The third-order valence-electron chi connectivity index (χ3n) is 3.56. The highest BCUT2D eigenvalue weighted by Gasteiger charge is 2.13. The van der Waals surface area contributed by atoms with Gasteiger partial charge in [-0.25, -0.2) is 4.39 Å². The van der Waals surface area contributed by atoms with Gasteiger partial charge in [0.05, 0.1) is 6.04 Å². The molecule has 2 nitrogen and oxygen atoms in total. The Bertz CT molecular complexity index is 674. The number of nitrogens with zero attached hydrogens (tertiary/aromatic N) is 1. The highest BCUT2D eigenvalue weighted by atomic mass is 19.1. The SMILES string of the molecule is FCc1cccc(NC(c2ccccc2)c2ccncc2)c1. The Kier molecular flexibility index (Phi) is 4.44. The van der Waals surface area contributed by atoms with Crippen molar-refractivity contribution in [3.63, 3.8) is 0 Å². The molecule has 0 bridgehead atoms. The van der Waals surface area contributed by atoms with Gasteiger partial charge in [0, 0.05) is 18.1 Å². The summed E-state index contributed by atoms with van der Waals surface area (Å²) in [5.41, 5.74) is 3.85. The monoisotopic (exact) mass is 292 g/mol. The summed E-state index contributed by atoms with van der Waals surface area (Å²) in [6, 6.07) is 21.6. The van der Waals surface area contributed by atoms with Gasteiger partial charge in [0.15, 0.2) is 0 Å². The van der Waals surface area contributed by atoms with Gasteiger partial charge in [0.2, 0.25) is 0 Å². The van der Waals surface area contributed by atoms with Crippen molar-refractivity contribution >= 4 is 5.69 Å². The van der Waals surface area contributed by atoms with E-state index in [4.69, 9.17) is 0 Å². The van der Waals surface area contributed by atoms with Crippen LogP contribution in [-0.2, 0) is 6.67 Å². The van der Waals surface area contributed by atoms with Crippen LogP contribution in [0.1, 0.15) is 22.7 Å². The fourth-order valence-corrected chi connectivity index (χ4v) is 2.47. The van der Waals surface area contributed by atoms with E-state index in [0.717, 1.165) is 16.8 Å². The molecular formula is C19H17FN2. The van der Waals surface area contributed by atoms with Crippen molar-refractivity contribution in [2.75, 3.05) is 5.32 Å². The molecule has 0 saturated carbocycles. The molecule has 0 fully saturated rings. The Balaban J connectivity index is 1.95. The largest absolute Gasteiger partial charge is 0.374 e. The normalized spacial score (nSPS) is 11.9.